The Bertz CT molecular complexity index is 740. The predicted molar refractivity (Wildman–Crippen MR) is 110 cm³/mol. The van der Waals surface area contributed by atoms with Crippen molar-refractivity contribution < 1.29 is 4.39 Å². The average molecular weight is 375 g/mol. The van der Waals surface area contributed by atoms with Crippen molar-refractivity contribution in [1.82, 2.24) is 20.4 Å². The van der Waals surface area contributed by atoms with Gasteiger partial charge in [0.25, 0.3) is 0 Å². The number of halogens is 1. The second kappa shape index (κ2) is 10.5. The first-order valence-corrected chi connectivity index (χ1v) is 9.42. The average Bonchev–Trinajstić information content (AvgIpc) is 2.97. The van der Waals surface area contributed by atoms with Gasteiger partial charge in [0.2, 0.25) is 0 Å². The summed E-state index contributed by atoms with van der Waals surface area (Å²) >= 11 is 0. The molecule has 0 aliphatic carbocycles. The van der Waals surface area contributed by atoms with E-state index in [1.165, 1.54) is 11.8 Å². The molecule has 27 heavy (non-hydrogen) atoms. The summed E-state index contributed by atoms with van der Waals surface area (Å²) in [6.07, 6.45) is 1.86. The standard InChI is InChI=1S/C20H31FN6/c1-16-15-17(2)27(25-16)14-8-12-24-20(22-3)23-11-7-13-26(4)19-10-6-5-9-18(19)21/h5-6,9-10,15H,7-8,11-14H2,1-4H3,(H2,22,23,24). The molecule has 2 N–H and O–H groups in total. The lowest BCUT2D eigenvalue weighted by Crippen LogP contribution is -2.39. The monoisotopic (exact) mass is 374 g/mol. The van der Waals surface area contributed by atoms with Gasteiger partial charge in [-0.3, -0.25) is 9.67 Å². The number of para-hydroxylation sites is 1. The van der Waals surface area contributed by atoms with Crippen LogP contribution in [0, 0.1) is 19.7 Å². The molecule has 1 aromatic carbocycles. The van der Waals surface area contributed by atoms with E-state index in [1.807, 2.05) is 29.6 Å². The maximum Gasteiger partial charge on any atom is 0.190 e. The highest BCUT2D eigenvalue weighted by molar-refractivity contribution is 5.79. The number of nitrogens with zero attached hydrogens (tertiary/aromatic N) is 4. The SMILES string of the molecule is CN=C(NCCCN(C)c1ccccc1F)NCCCn1nc(C)cc1C. The number of hydrogen-bond acceptors (Lipinski definition) is 3. The minimum Gasteiger partial charge on any atom is -0.372 e. The van der Waals surface area contributed by atoms with Crippen LogP contribution in [0.5, 0.6) is 0 Å². The van der Waals surface area contributed by atoms with Crippen molar-refractivity contribution >= 4 is 11.6 Å². The Hall–Kier alpha value is -2.57. The normalized spacial score (nSPS) is 11.5. The number of aromatic nitrogens is 2. The summed E-state index contributed by atoms with van der Waals surface area (Å²) in [6.45, 7) is 7.34. The highest BCUT2D eigenvalue weighted by Gasteiger charge is 2.06. The van der Waals surface area contributed by atoms with E-state index in [0.717, 1.165) is 50.7 Å². The van der Waals surface area contributed by atoms with Gasteiger partial charge < -0.3 is 15.5 Å². The Kier molecular flexibility index (Phi) is 8.10. The lowest BCUT2D eigenvalue weighted by atomic mass is 10.2. The van der Waals surface area contributed by atoms with Crippen molar-refractivity contribution in [3.05, 3.63) is 47.5 Å². The van der Waals surface area contributed by atoms with Gasteiger partial charge in [-0.2, -0.15) is 5.10 Å². The quantitative estimate of drug-likeness (QED) is 0.403. The van der Waals surface area contributed by atoms with Crippen molar-refractivity contribution in [2.24, 2.45) is 4.99 Å². The molecule has 0 spiro atoms. The fourth-order valence-electron chi connectivity index (χ4n) is 2.96. The Morgan fingerprint density at radius 1 is 1.19 bits per heavy atom. The summed E-state index contributed by atoms with van der Waals surface area (Å²) in [5.74, 6) is 0.602. The van der Waals surface area contributed by atoms with Crippen LogP contribution in [0.25, 0.3) is 0 Å². The summed E-state index contributed by atoms with van der Waals surface area (Å²) in [5, 5.41) is 11.1. The zero-order chi connectivity index (χ0) is 19.6. The van der Waals surface area contributed by atoms with Gasteiger partial charge in [0, 0.05) is 46.0 Å². The minimum atomic E-state index is -0.187. The van der Waals surface area contributed by atoms with Crippen LogP contribution in [0.4, 0.5) is 10.1 Å². The number of hydrogen-bond donors (Lipinski definition) is 2. The van der Waals surface area contributed by atoms with Gasteiger partial charge in [-0.05, 0) is 44.9 Å². The van der Waals surface area contributed by atoms with Crippen LogP contribution in [-0.4, -0.2) is 49.5 Å². The van der Waals surface area contributed by atoms with Crippen molar-refractivity contribution in [3.63, 3.8) is 0 Å². The van der Waals surface area contributed by atoms with Crippen LogP contribution in [0.3, 0.4) is 0 Å². The molecule has 148 valence electrons. The van der Waals surface area contributed by atoms with Crippen LogP contribution in [0.1, 0.15) is 24.2 Å². The molecule has 0 fully saturated rings. The van der Waals surface area contributed by atoms with Crippen molar-refractivity contribution in [2.45, 2.75) is 33.2 Å². The Morgan fingerprint density at radius 3 is 2.52 bits per heavy atom. The maximum absolute atomic E-state index is 13.8. The van der Waals surface area contributed by atoms with Gasteiger partial charge in [-0.15, -0.1) is 0 Å². The second-order valence-corrected chi connectivity index (χ2v) is 6.66. The van der Waals surface area contributed by atoms with E-state index in [-0.39, 0.29) is 5.82 Å². The molecule has 0 saturated carbocycles. The second-order valence-electron chi connectivity index (χ2n) is 6.66. The Labute approximate surface area is 161 Å². The molecule has 0 amide bonds. The van der Waals surface area contributed by atoms with Crippen LogP contribution in [0.15, 0.2) is 35.3 Å². The van der Waals surface area contributed by atoms with Crippen molar-refractivity contribution in [2.75, 3.05) is 38.6 Å². The molecule has 0 atom stereocenters. The largest absolute Gasteiger partial charge is 0.372 e. The summed E-state index contributed by atoms with van der Waals surface area (Å²) in [4.78, 5) is 6.17. The summed E-state index contributed by atoms with van der Waals surface area (Å²) in [6, 6.07) is 8.93. The van der Waals surface area contributed by atoms with E-state index in [1.54, 1.807) is 19.2 Å². The summed E-state index contributed by atoms with van der Waals surface area (Å²) in [5.41, 5.74) is 2.87. The van der Waals surface area contributed by atoms with Gasteiger partial charge in [-0.25, -0.2) is 4.39 Å². The van der Waals surface area contributed by atoms with Gasteiger partial charge >= 0.3 is 0 Å². The van der Waals surface area contributed by atoms with Gasteiger partial charge in [0.1, 0.15) is 5.82 Å². The smallest absolute Gasteiger partial charge is 0.190 e. The van der Waals surface area contributed by atoms with Crippen molar-refractivity contribution in [1.29, 1.82) is 0 Å². The highest BCUT2D eigenvalue weighted by atomic mass is 19.1. The molecule has 0 bridgehead atoms. The zero-order valence-corrected chi connectivity index (χ0v) is 16.8. The van der Waals surface area contributed by atoms with Gasteiger partial charge in [-0.1, -0.05) is 12.1 Å². The topological polar surface area (TPSA) is 57.5 Å². The number of rotatable bonds is 9. The van der Waals surface area contributed by atoms with Gasteiger partial charge in [0.05, 0.1) is 11.4 Å². The number of nitrogens with one attached hydrogen (secondary N) is 2. The van der Waals surface area contributed by atoms with E-state index in [2.05, 4.69) is 33.7 Å². The maximum atomic E-state index is 13.8. The lowest BCUT2D eigenvalue weighted by Gasteiger charge is -2.20. The molecule has 1 heterocycles. The van der Waals surface area contributed by atoms with Gasteiger partial charge in [0.15, 0.2) is 5.96 Å². The molecule has 1 aromatic heterocycles. The zero-order valence-electron chi connectivity index (χ0n) is 16.8. The third-order valence-electron chi connectivity index (χ3n) is 4.39. The summed E-state index contributed by atoms with van der Waals surface area (Å²) < 4.78 is 15.8. The van der Waals surface area contributed by atoms with E-state index in [0.29, 0.717) is 5.69 Å². The molecule has 2 rings (SSSR count). The lowest BCUT2D eigenvalue weighted by molar-refractivity contribution is 0.555. The van der Waals surface area contributed by atoms with E-state index in [9.17, 15) is 4.39 Å². The number of guanidine groups is 1. The molecular weight excluding hydrogens is 343 g/mol. The number of benzene rings is 1. The number of aliphatic imine (C=N–C) groups is 1. The Balaban J connectivity index is 1.62. The number of anilines is 1. The first-order valence-electron chi connectivity index (χ1n) is 9.42. The van der Waals surface area contributed by atoms with E-state index in [4.69, 9.17) is 0 Å². The molecule has 0 unspecified atom stereocenters. The number of aryl methyl sites for hydroxylation is 3. The molecule has 2 aromatic rings. The fourth-order valence-corrected chi connectivity index (χ4v) is 2.96. The summed E-state index contributed by atoms with van der Waals surface area (Å²) in [7, 11) is 3.67. The highest BCUT2D eigenvalue weighted by Crippen LogP contribution is 2.16. The third-order valence-corrected chi connectivity index (χ3v) is 4.39. The van der Waals surface area contributed by atoms with Crippen LogP contribution in [-0.2, 0) is 6.54 Å². The first-order chi connectivity index (χ1) is 13.0. The Morgan fingerprint density at radius 2 is 1.89 bits per heavy atom. The van der Waals surface area contributed by atoms with Crippen LogP contribution in [0.2, 0.25) is 0 Å². The predicted octanol–water partition coefficient (Wildman–Crippen LogP) is 2.72. The van der Waals surface area contributed by atoms with Crippen LogP contribution < -0.4 is 15.5 Å². The molecule has 7 heteroatoms. The molecule has 6 nitrogen and oxygen atoms in total. The van der Waals surface area contributed by atoms with E-state index >= 15 is 0 Å². The molecule has 0 aliphatic heterocycles. The third kappa shape index (κ3) is 6.58. The molecule has 0 aliphatic rings. The molecular formula is C20H31FN6. The van der Waals surface area contributed by atoms with E-state index < -0.39 is 0 Å². The van der Waals surface area contributed by atoms with Crippen molar-refractivity contribution in [3.8, 4) is 0 Å². The fraction of sp³-hybridized carbons (Fsp3) is 0.500. The minimum absolute atomic E-state index is 0.187. The first kappa shape index (κ1) is 20.7. The molecule has 0 saturated heterocycles. The van der Waals surface area contributed by atoms with Crippen LogP contribution >= 0.6 is 0 Å². The molecule has 0 radical (unpaired) electrons.